The SMILES string of the molecule is CCCNC(=O)Nc1cccc(-c2noc(/C=C/c3ccc(C)cc3)n2)c1. The molecule has 3 rings (SSSR count). The zero-order chi connectivity index (χ0) is 19.1. The Kier molecular flexibility index (Phi) is 5.99. The maximum absolute atomic E-state index is 11.8. The quantitative estimate of drug-likeness (QED) is 0.663. The van der Waals surface area contributed by atoms with E-state index in [0.29, 0.717) is 23.9 Å². The number of hydrogen-bond donors (Lipinski definition) is 2. The normalized spacial score (nSPS) is 10.9. The van der Waals surface area contributed by atoms with Crippen molar-refractivity contribution >= 4 is 23.9 Å². The first-order chi connectivity index (χ1) is 13.1. The predicted octanol–water partition coefficient (Wildman–Crippen LogP) is 4.75. The third kappa shape index (κ3) is 5.28. The lowest BCUT2D eigenvalue weighted by Gasteiger charge is -2.07. The molecular weight excluding hydrogens is 340 g/mol. The molecule has 6 nitrogen and oxygen atoms in total. The molecule has 138 valence electrons. The van der Waals surface area contributed by atoms with Gasteiger partial charge in [0.05, 0.1) is 0 Å². The van der Waals surface area contributed by atoms with E-state index in [1.807, 2.05) is 68.5 Å². The molecule has 0 aliphatic rings. The van der Waals surface area contributed by atoms with E-state index in [0.717, 1.165) is 17.5 Å². The number of aromatic nitrogens is 2. The molecule has 0 atom stereocenters. The molecule has 6 heteroatoms. The minimum atomic E-state index is -0.233. The summed E-state index contributed by atoms with van der Waals surface area (Å²) in [7, 11) is 0. The van der Waals surface area contributed by atoms with E-state index in [2.05, 4.69) is 20.8 Å². The van der Waals surface area contributed by atoms with Gasteiger partial charge in [-0.25, -0.2) is 4.79 Å². The van der Waals surface area contributed by atoms with Gasteiger partial charge in [0.25, 0.3) is 5.89 Å². The van der Waals surface area contributed by atoms with E-state index in [1.54, 1.807) is 6.08 Å². The van der Waals surface area contributed by atoms with E-state index in [-0.39, 0.29) is 6.03 Å². The molecule has 0 saturated heterocycles. The molecule has 3 aromatic rings. The fourth-order valence-corrected chi connectivity index (χ4v) is 2.42. The minimum Gasteiger partial charge on any atom is -0.338 e. The van der Waals surface area contributed by atoms with Crippen molar-refractivity contribution in [2.75, 3.05) is 11.9 Å². The van der Waals surface area contributed by atoms with Crippen LogP contribution in [0, 0.1) is 6.92 Å². The van der Waals surface area contributed by atoms with Gasteiger partial charge in [0, 0.05) is 23.9 Å². The summed E-state index contributed by atoms with van der Waals surface area (Å²) in [6.45, 7) is 4.68. The van der Waals surface area contributed by atoms with Crippen LogP contribution in [0.25, 0.3) is 23.5 Å². The van der Waals surface area contributed by atoms with Gasteiger partial charge in [0.15, 0.2) is 0 Å². The van der Waals surface area contributed by atoms with Crippen molar-refractivity contribution in [1.82, 2.24) is 15.5 Å². The average Bonchev–Trinajstić information content (AvgIpc) is 3.15. The summed E-state index contributed by atoms with van der Waals surface area (Å²) >= 11 is 0. The highest BCUT2D eigenvalue weighted by atomic mass is 16.5. The van der Waals surface area contributed by atoms with Crippen LogP contribution in [0.5, 0.6) is 0 Å². The smallest absolute Gasteiger partial charge is 0.319 e. The van der Waals surface area contributed by atoms with Crippen LogP contribution in [-0.4, -0.2) is 22.7 Å². The fraction of sp³-hybridized carbons (Fsp3) is 0.190. The maximum atomic E-state index is 11.8. The first-order valence-electron chi connectivity index (χ1n) is 8.88. The molecule has 1 heterocycles. The van der Waals surface area contributed by atoms with Crippen LogP contribution in [0.15, 0.2) is 53.1 Å². The molecule has 0 aliphatic heterocycles. The van der Waals surface area contributed by atoms with E-state index in [4.69, 9.17) is 4.52 Å². The lowest BCUT2D eigenvalue weighted by molar-refractivity contribution is 0.252. The van der Waals surface area contributed by atoms with Crippen LogP contribution in [-0.2, 0) is 0 Å². The summed E-state index contributed by atoms with van der Waals surface area (Å²) in [5.74, 6) is 0.890. The summed E-state index contributed by atoms with van der Waals surface area (Å²) in [4.78, 5) is 16.2. The Hall–Kier alpha value is -3.41. The summed E-state index contributed by atoms with van der Waals surface area (Å²) in [5, 5.41) is 9.58. The minimum absolute atomic E-state index is 0.233. The van der Waals surface area contributed by atoms with Gasteiger partial charge >= 0.3 is 6.03 Å². The molecule has 1 aromatic heterocycles. The molecule has 0 bridgehead atoms. The molecule has 0 fully saturated rings. The Bertz CT molecular complexity index is 929. The van der Waals surface area contributed by atoms with E-state index >= 15 is 0 Å². The Morgan fingerprint density at radius 3 is 2.74 bits per heavy atom. The number of nitrogens with one attached hydrogen (secondary N) is 2. The van der Waals surface area contributed by atoms with Crippen molar-refractivity contribution < 1.29 is 9.32 Å². The second-order valence-corrected chi connectivity index (χ2v) is 6.16. The second-order valence-electron chi connectivity index (χ2n) is 6.16. The van der Waals surface area contributed by atoms with Crippen molar-refractivity contribution in [2.24, 2.45) is 0 Å². The molecule has 0 radical (unpaired) electrons. The van der Waals surface area contributed by atoms with Gasteiger partial charge in [0.1, 0.15) is 0 Å². The Morgan fingerprint density at radius 1 is 1.15 bits per heavy atom. The monoisotopic (exact) mass is 362 g/mol. The summed E-state index contributed by atoms with van der Waals surface area (Å²) < 4.78 is 5.29. The van der Waals surface area contributed by atoms with Gasteiger partial charge in [-0.1, -0.05) is 54.0 Å². The molecule has 27 heavy (non-hydrogen) atoms. The number of aryl methyl sites for hydroxylation is 1. The van der Waals surface area contributed by atoms with Crippen molar-refractivity contribution in [1.29, 1.82) is 0 Å². The molecule has 0 spiro atoms. The van der Waals surface area contributed by atoms with Gasteiger partial charge in [-0.05, 0) is 37.1 Å². The average molecular weight is 362 g/mol. The molecule has 2 aromatic carbocycles. The standard InChI is InChI=1S/C21H22N4O2/c1-3-13-22-21(26)23-18-6-4-5-17(14-18)20-24-19(27-25-20)12-11-16-9-7-15(2)8-10-16/h4-12,14H,3,13H2,1-2H3,(H2,22,23,26)/b12-11+. The molecule has 0 aliphatic carbocycles. The highest BCUT2D eigenvalue weighted by molar-refractivity contribution is 5.89. The zero-order valence-corrected chi connectivity index (χ0v) is 15.4. The van der Waals surface area contributed by atoms with Gasteiger partial charge < -0.3 is 15.2 Å². The Morgan fingerprint density at radius 2 is 1.96 bits per heavy atom. The highest BCUT2D eigenvalue weighted by Gasteiger charge is 2.08. The Labute approximate surface area is 158 Å². The summed E-state index contributed by atoms with van der Waals surface area (Å²) in [5.41, 5.74) is 3.71. The van der Waals surface area contributed by atoms with Crippen LogP contribution in [0.4, 0.5) is 10.5 Å². The number of carbonyl (C=O) groups excluding carboxylic acids is 1. The van der Waals surface area contributed by atoms with Crippen molar-refractivity contribution in [2.45, 2.75) is 20.3 Å². The van der Waals surface area contributed by atoms with Crippen molar-refractivity contribution in [3.05, 3.63) is 65.5 Å². The molecule has 0 unspecified atom stereocenters. The first kappa shape index (κ1) is 18.4. The number of hydrogen-bond acceptors (Lipinski definition) is 4. The largest absolute Gasteiger partial charge is 0.338 e. The summed E-state index contributed by atoms with van der Waals surface area (Å²) in [6, 6.07) is 15.3. The second kappa shape index (κ2) is 8.80. The third-order valence-electron chi connectivity index (χ3n) is 3.85. The highest BCUT2D eigenvalue weighted by Crippen LogP contribution is 2.20. The first-order valence-corrected chi connectivity index (χ1v) is 8.88. The van der Waals surface area contributed by atoms with E-state index < -0.39 is 0 Å². The van der Waals surface area contributed by atoms with Crippen LogP contribution in [0.3, 0.4) is 0 Å². The number of nitrogens with zero attached hydrogens (tertiary/aromatic N) is 2. The maximum Gasteiger partial charge on any atom is 0.319 e. The van der Waals surface area contributed by atoms with Crippen LogP contribution < -0.4 is 10.6 Å². The van der Waals surface area contributed by atoms with Crippen LogP contribution >= 0.6 is 0 Å². The lowest BCUT2D eigenvalue weighted by Crippen LogP contribution is -2.29. The molecule has 0 saturated carbocycles. The molecular formula is C21H22N4O2. The van der Waals surface area contributed by atoms with Crippen molar-refractivity contribution in [3.63, 3.8) is 0 Å². The zero-order valence-electron chi connectivity index (χ0n) is 15.4. The number of rotatable bonds is 6. The fourth-order valence-electron chi connectivity index (χ4n) is 2.42. The predicted molar refractivity (Wildman–Crippen MR) is 107 cm³/mol. The Balaban J connectivity index is 1.69. The lowest BCUT2D eigenvalue weighted by atomic mass is 10.1. The van der Waals surface area contributed by atoms with Gasteiger partial charge in [-0.2, -0.15) is 4.98 Å². The topological polar surface area (TPSA) is 80.0 Å². The van der Waals surface area contributed by atoms with E-state index in [1.165, 1.54) is 5.56 Å². The van der Waals surface area contributed by atoms with Crippen LogP contribution in [0.2, 0.25) is 0 Å². The number of amides is 2. The van der Waals surface area contributed by atoms with Gasteiger partial charge in [-0.15, -0.1) is 0 Å². The van der Waals surface area contributed by atoms with Crippen molar-refractivity contribution in [3.8, 4) is 11.4 Å². The van der Waals surface area contributed by atoms with E-state index in [9.17, 15) is 4.79 Å². The molecule has 2 N–H and O–H groups in total. The third-order valence-corrected chi connectivity index (χ3v) is 3.85. The number of urea groups is 1. The number of anilines is 1. The number of benzene rings is 2. The van der Waals surface area contributed by atoms with Gasteiger partial charge in [-0.3, -0.25) is 0 Å². The van der Waals surface area contributed by atoms with Gasteiger partial charge in [0.2, 0.25) is 5.82 Å². The number of carbonyl (C=O) groups is 1. The van der Waals surface area contributed by atoms with Crippen LogP contribution in [0.1, 0.15) is 30.4 Å². The molecule has 2 amide bonds. The summed E-state index contributed by atoms with van der Waals surface area (Å²) in [6.07, 6.45) is 4.59.